The zero-order chi connectivity index (χ0) is 24.2. The van der Waals surface area contributed by atoms with Crippen LogP contribution in [0.3, 0.4) is 0 Å². The van der Waals surface area contributed by atoms with Crippen LogP contribution in [0.4, 0.5) is 10.1 Å². The first-order chi connectivity index (χ1) is 16.1. The first-order valence-electron chi connectivity index (χ1n) is 12.4. The summed E-state index contributed by atoms with van der Waals surface area (Å²) in [6.07, 6.45) is 6.80. The topological polar surface area (TPSA) is 110 Å². The number of fused-ring (bicyclic) bond motifs is 1. The summed E-state index contributed by atoms with van der Waals surface area (Å²) in [5, 5.41) is 18.4. The molecule has 3 aliphatic rings. The Bertz CT molecular complexity index is 1150. The summed E-state index contributed by atoms with van der Waals surface area (Å²) in [5.74, 6) is -0.776. The van der Waals surface area contributed by atoms with Crippen LogP contribution in [0.1, 0.15) is 90.9 Å². The Balaban J connectivity index is 1.62. The van der Waals surface area contributed by atoms with E-state index in [9.17, 15) is 14.7 Å². The van der Waals surface area contributed by atoms with E-state index < -0.39 is 17.8 Å². The standard InChI is InChI=1S/C26H33FN4O3/c1-26(2)12-21-24(23(33)13-26)19(9-14-7-8-14)30-31(21)20-11-18(15(25(28)34)10-16(20)27)29-17-5-3-4-6-22(17)32/h10-11,14,17,22,29,32H,3-9,12-13H2,1-2H3,(H2,28,34). The van der Waals surface area contributed by atoms with Gasteiger partial charge in [0.25, 0.3) is 5.91 Å². The zero-order valence-electron chi connectivity index (χ0n) is 19.9. The van der Waals surface area contributed by atoms with Crippen LogP contribution in [0.5, 0.6) is 0 Å². The van der Waals surface area contributed by atoms with Gasteiger partial charge in [-0.05, 0) is 62.0 Å². The molecule has 3 aliphatic carbocycles. The van der Waals surface area contributed by atoms with Crippen molar-refractivity contribution in [2.75, 3.05) is 5.32 Å². The molecule has 2 unspecified atom stereocenters. The summed E-state index contributed by atoms with van der Waals surface area (Å²) >= 11 is 0. The molecule has 0 bridgehead atoms. The SMILES string of the molecule is CC1(C)CC(=O)c2c(CC3CC3)nn(-c3cc(NC4CCCCC4O)c(C(N)=O)cc3F)c2C1. The maximum absolute atomic E-state index is 15.4. The number of carbonyl (C=O) groups excluding carboxylic acids is 2. The van der Waals surface area contributed by atoms with Crippen LogP contribution in [-0.2, 0) is 12.8 Å². The van der Waals surface area contributed by atoms with E-state index in [4.69, 9.17) is 10.8 Å². The number of amides is 1. The second-order valence-electron chi connectivity index (χ2n) is 11.1. The van der Waals surface area contributed by atoms with Gasteiger partial charge in [0.1, 0.15) is 11.5 Å². The molecule has 1 heterocycles. The van der Waals surface area contributed by atoms with Crippen LogP contribution in [0.25, 0.3) is 5.69 Å². The maximum atomic E-state index is 15.4. The number of benzene rings is 1. The van der Waals surface area contributed by atoms with Gasteiger partial charge in [-0.15, -0.1) is 0 Å². The number of halogens is 1. The second-order valence-corrected chi connectivity index (χ2v) is 11.1. The highest BCUT2D eigenvalue weighted by Gasteiger charge is 2.38. The van der Waals surface area contributed by atoms with Crippen molar-refractivity contribution in [2.24, 2.45) is 17.1 Å². The van der Waals surface area contributed by atoms with Crippen molar-refractivity contribution in [2.45, 2.75) is 83.8 Å². The van der Waals surface area contributed by atoms with E-state index in [1.807, 2.05) is 13.8 Å². The molecular weight excluding hydrogens is 435 g/mol. The molecule has 0 saturated heterocycles. The van der Waals surface area contributed by atoms with E-state index in [1.54, 1.807) is 10.7 Å². The molecule has 34 heavy (non-hydrogen) atoms. The van der Waals surface area contributed by atoms with Gasteiger partial charge in [-0.2, -0.15) is 5.10 Å². The van der Waals surface area contributed by atoms with Crippen molar-refractivity contribution < 1.29 is 19.1 Å². The van der Waals surface area contributed by atoms with Crippen LogP contribution in [-0.4, -0.2) is 38.7 Å². The Labute approximate surface area is 198 Å². The number of aromatic nitrogens is 2. The lowest BCUT2D eigenvalue weighted by molar-refractivity contribution is 0.0909. The fourth-order valence-corrected chi connectivity index (χ4v) is 5.49. The lowest BCUT2D eigenvalue weighted by Crippen LogP contribution is -2.37. The number of ketones is 1. The number of aliphatic hydroxyl groups excluding tert-OH is 1. The minimum atomic E-state index is -0.744. The highest BCUT2D eigenvalue weighted by molar-refractivity contribution is 6.00. The predicted octanol–water partition coefficient (Wildman–Crippen LogP) is 3.93. The molecule has 1 aromatic carbocycles. The van der Waals surface area contributed by atoms with Crippen LogP contribution in [0.2, 0.25) is 0 Å². The molecule has 7 nitrogen and oxygen atoms in total. The second kappa shape index (κ2) is 8.48. The van der Waals surface area contributed by atoms with Gasteiger partial charge in [0.15, 0.2) is 5.78 Å². The number of hydrogen-bond acceptors (Lipinski definition) is 5. The van der Waals surface area contributed by atoms with Crippen molar-refractivity contribution in [3.8, 4) is 5.69 Å². The van der Waals surface area contributed by atoms with Gasteiger partial charge in [0.2, 0.25) is 0 Å². The molecule has 2 aromatic rings. The third kappa shape index (κ3) is 4.35. The number of aliphatic hydroxyl groups is 1. The van der Waals surface area contributed by atoms with Crippen molar-refractivity contribution in [1.29, 1.82) is 0 Å². The Morgan fingerprint density at radius 3 is 2.65 bits per heavy atom. The first-order valence-corrected chi connectivity index (χ1v) is 12.4. The highest BCUT2D eigenvalue weighted by Crippen LogP contribution is 2.41. The van der Waals surface area contributed by atoms with Crippen molar-refractivity contribution in [1.82, 2.24) is 9.78 Å². The van der Waals surface area contributed by atoms with E-state index in [-0.39, 0.29) is 28.5 Å². The summed E-state index contributed by atoms with van der Waals surface area (Å²) in [6.45, 7) is 4.07. The molecule has 2 atom stereocenters. The van der Waals surface area contributed by atoms with Gasteiger partial charge in [0, 0.05) is 12.1 Å². The lowest BCUT2D eigenvalue weighted by Gasteiger charge is -2.30. The molecule has 2 saturated carbocycles. The zero-order valence-corrected chi connectivity index (χ0v) is 19.9. The quantitative estimate of drug-likeness (QED) is 0.595. The minimum Gasteiger partial charge on any atom is -0.391 e. The monoisotopic (exact) mass is 468 g/mol. The Hall–Kier alpha value is -2.74. The van der Waals surface area contributed by atoms with Gasteiger partial charge in [0.05, 0.1) is 34.7 Å². The Morgan fingerprint density at radius 1 is 1.24 bits per heavy atom. The number of carbonyl (C=O) groups is 2. The van der Waals surface area contributed by atoms with E-state index in [0.717, 1.165) is 56.0 Å². The van der Waals surface area contributed by atoms with Crippen molar-refractivity contribution in [3.63, 3.8) is 0 Å². The average Bonchev–Trinajstić information content (AvgIpc) is 3.50. The van der Waals surface area contributed by atoms with E-state index in [1.165, 1.54) is 0 Å². The highest BCUT2D eigenvalue weighted by atomic mass is 19.1. The molecule has 0 aliphatic heterocycles. The normalized spacial score (nSPS) is 24.1. The number of anilines is 1. The molecule has 8 heteroatoms. The fourth-order valence-electron chi connectivity index (χ4n) is 5.49. The van der Waals surface area contributed by atoms with Crippen LogP contribution in [0, 0.1) is 17.2 Å². The van der Waals surface area contributed by atoms with Gasteiger partial charge >= 0.3 is 0 Å². The molecule has 0 radical (unpaired) electrons. The predicted molar refractivity (Wildman–Crippen MR) is 127 cm³/mol. The van der Waals surface area contributed by atoms with E-state index >= 15 is 4.39 Å². The van der Waals surface area contributed by atoms with Crippen LogP contribution < -0.4 is 11.1 Å². The summed E-state index contributed by atoms with van der Waals surface area (Å²) in [5.41, 5.74) is 8.02. The Morgan fingerprint density at radius 2 is 1.97 bits per heavy atom. The number of nitrogens with one attached hydrogen (secondary N) is 1. The maximum Gasteiger partial charge on any atom is 0.250 e. The Kier molecular flexibility index (Phi) is 5.74. The minimum absolute atomic E-state index is 0.0367. The number of nitrogens with zero attached hydrogens (tertiary/aromatic N) is 2. The largest absolute Gasteiger partial charge is 0.391 e. The fraction of sp³-hybridized carbons (Fsp3) is 0.577. The molecule has 1 aromatic heterocycles. The van der Waals surface area contributed by atoms with Crippen LogP contribution in [0.15, 0.2) is 12.1 Å². The molecule has 1 amide bonds. The van der Waals surface area contributed by atoms with Crippen LogP contribution >= 0.6 is 0 Å². The number of hydrogen-bond donors (Lipinski definition) is 3. The van der Waals surface area contributed by atoms with E-state index in [2.05, 4.69) is 5.32 Å². The van der Waals surface area contributed by atoms with Gasteiger partial charge in [-0.3, -0.25) is 9.59 Å². The summed E-state index contributed by atoms with van der Waals surface area (Å²) in [4.78, 5) is 25.2. The molecule has 0 spiro atoms. The number of rotatable bonds is 6. The molecule has 4 N–H and O–H groups in total. The smallest absolute Gasteiger partial charge is 0.250 e. The lowest BCUT2D eigenvalue weighted by atomic mass is 9.75. The van der Waals surface area contributed by atoms with Crippen molar-refractivity contribution >= 4 is 17.4 Å². The van der Waals surface area contributed by atoms with Crippen molar-refractivity contribution in [3.05, 3.63) is 40.5 Å². The summed E-state index contributed by atoms with van der Waals surface area (Å²) in [6, 6.07) is 2.44. The molecule has 2 fully saturated rings. The summed E-state index contributed by atoms with van der Waals surface area (Å²) in [7, 11) is 0. The molecule has 182 valence electrons. The number of Topliss-reactive ketones (excluding diaryl/α,β-unsaturated/α-hetero) is 1. The third-order valence-corrected chi connectivity index (χ3v) is 7.45. The average molecular weight is 469 g/mol. The van der Waals surface area contributed by atoms with Gasteiger partial charge < -0.3 is 16.2 Å². The third-order valence-electron chi connectivity index (χ3n) is 7.45. The number of primary amides is 1. The number of nitrogens with two attached hydrogens (primary N) is 1. The van der Waals surface area contributed by atoms with Gasteiger partial charge in [-0.25, -0.2) is 9.07 Å². The first kappa shape index (κ1) is 23.0. The van der Waals surface area contributed by atoms with E-state index in [0.29, 0.717) is 36.4 Å². The molecule has 5 rings (SSSR count). The van der Waals surface area contributed by atoms with Gasteiger partial charge in [-0.1, -0.05) is 26.7 Å². The summed E-state index contributed by atoms with van der Waals surface area (Å²) < 4.78 is 17.0. The molecular formula is C26H33FN4O3.